The lowest BCUT2D eigenvalue weighted by Gasteiger charge is -2.36. The molecule has 1 spiro atoms. The third-order valence-electron chi connectivity index (χ3n) is 3.87. The van der Waals surface area contributed by atoms with Gasteiger partial charge in [0, 0.05) is 0 Å². The average Bonchev–Trinajstić information content (AvgIpc) is 2.90. The van der Waals surface area contributed by atoms with Crippen molar-refractivity contribution in [3.8, 4) is 0 Å². The number of guanidine groups is 1. The molecule has 17 heavy (non-hydrogen) atoms. The molecule has 2 N–H and O–H groups in total. The van der Waals surface area contributed by atoms with Gasteiger partial charge in [-0.2, -0.15) is 0 Å². The molecule has 1 heterocycles. The summed E-state index contributed by atoms with van der Waals surface area (Å²) in [7, 11) is 0. The van der Waals surface area contributed by atoms with Crippen LogP contribution in [0.1, 0.15) is 25.7 Å². The van der Waals surface area contributed by atoms with E-state index in [1.807, 2.05) is 24.3 Å². The molecule has 0 saturated heterocycles. The van der Waals surface area contributed by atoms with E-state index < -0.39 is 0 Å². The molecule has 1 saturated carbocycles. The van der Waals surface area contributed by atoms with Crippen molar-refractivity contribution in [1.82, 2.24) is 0 Å². The summed E-state index contributed by atoms with van der Waals surface area (Å²) in [5.74, 6) is 0.611. The molecule has 1 aromatic carbocycles. The number of rotatable bonds is 1. The summed E-state index contributed by atoms with van der Waals surface area (Å²) in [6.45, 7) is 0.810. The van der Waals surface area contributed by atoms with Gasteiger partial charge in [0.05, 0.1) is 22.8 Å². The zero-order valence-electron chi connectivity index (χ0n) is 9.69. The van der Waals surface area contributed by atoms with Gasteiger partial charge in [-0.15, -0.1) is 0 Å². The van der Waals surface area contributed by atoms with Crippen LogP contribution in [-0.2, 0) is 0 Å². The summed E-state index contributed by atoms with van der Waals surface area (Å²) >= 11 is 6.28. The quantitative estimate of drug-likeness (QED) is 0.832. The highest BCUT2D eigenvalue weighted by molar-refractivity contribution is 6.34. The van der Waals surface area contributed by atoms with Crippen molar-refractivity contribution in [2.24, 2.45) is 10.7 Å². The molecule has 1 aromatic rings. The van der Waals surface area contributed by atoms with E-state index in [9.17, 15) is 0 Å². The van der Waals surface area contributed by atoms with E-state index in [0.717, 1.165) is 30.1 Å². The lowest BCUT2D eigenvalue weighted by molar-refractivity contribution is 0.472. The minimum atomic E-state index is 0.0923. The first-order chi connectivity index (χ1) is 8.23. The van der Waals surface area contributed by atoms with Gasteiger partial charge in [-0.3, -0.25) is 4.99 Å². The maximum Gasteiger partial charge on any atom is 0.196 e. The molecule has 3 nitrogen and oxygen atoms in total. The number of nitrogens with zero attached hydrogens (tertiary/aromatic N) is 2. The van der Waals surface area contributed by atoms with Crippen molar-refractivity contribution in [3.05, 3.63) is 29.3 Å². The first kappa shape index (κ1) is 10.9. The lowest BCUT2D eigenvalue weighted by atomic mass is 9.96. The van der Waals surface area contributed by atoms with E-state index in [1.165, 1.54) is 12.8 Å². The highest BCUT2D eigenvalue weighted by Gasteiger charge is 2.45. The van der Waals surface area contributed by atoms with E-state index in [4.69, 9.17) is 17.3 Å². The Morgan fingerprint density at radius 3 is 2.65 bits per heavy atom. The Bertz CT molecular complexity index is 463. The molecular formula is C13H16ClN3. The first-order valence-corrected chi connectivity index (χ1v) is 6.45. The summed E-state index contributed by atoms with van der Waals surface area (Å²) in [6.07, 6.45) is 4.82. The van der Waals surface area contributed by atoms with E-state index >= 15 is 0 Å². The minimum Gasteiger partial charge on any atom is -0.369 e. The molecule has 0 amide bonds. The Balaban J connectivity index is 2.05. The molecule has 0 radical (unpaired) electrons. The third-order valence-corrected chi connectivity index (χ3v) is 4.19. The van der Waals surface area contributed by atoms with Crippen LogP contribution in [0.25, 0.3) is 0 Å². The maximum absolute atomic E-state index is 6.28. The molecule has 2 aliphatic rings. The van der Waals surface area contributed by atoms with Crippen LogP contribution in [0.2, 0.25) is 5.02 Å². The van der Waals surface area contributed by atoms with Gasteiger partial charge in [-0.25, -0.2) is 0 Å². The zero-order valence-corrected chi connectivity index (χ0v) is 10.5. The number of aliphatic imine (C=N–C) groups is 1. The van der Waals surface area contributed by atoms with Gasteiger partial charge in [0.2, 0.25) is 0 Å². The molecular weight excluding hydrogens is 234 g/mol. The number of halogens is 1. The Labute approximate surface area is 106 Å². The normalized spacial score (nSPS) is 22.2. The van der Waals surface area contributed by atoms with Crippen LogP contribution < -0.4 is 10.6 Å². The van der Waals surface area contributed by atoms with E-state index in [-0.39, 0.29) is 5.54 Å². The van der Waals surface area contributed by atoms with Gasteiger partial charge in [-0.1, -0.05) is 36.6 Å². The Kier molecular flexibility index (Phi) is 2.51. The summed E-state index contributed by atoms with van der Waals surface area (Å²) in [4.78, 5) is 6.59. The molecule has 90 valence electrons. The Hall–Kier alpha value is -1.22. The number of anilines is 1. The Morgan fingerprint density at radius 2 is 1.94 bits per heavy atom. The van der Waals surface area contributed by atoms with Crippen LogP contribution >= 0.6 is 11.6 Å². The third kappa shape index (κ3) is 1.61. The smallest absolute Gasteiger partial charge is 0.196 e. The van der Waals surface area contributed by atoms with Crippen LogP contribution in [0.15, 0.2) is 29.3 Å². The summed E-state index contributed by atoms with van der Waals surface area (Å²) in [5.41, 5.74) is 7.14. The molecule has 0 bridgehead atoms. The first-order valence-electron chi connectivity index (χ1n) is 6.08. The predicted octanol–water partition coefficient (Wildman–Crippen LogP) is 2.79. The fourth-order valence-corrected chi connectivity index (χ4v) is 3.26. The number of benzene rings is 1. The Morgan fingerprint density at radius 1 is 1.24 bits per heavy atom. The van der Waals surface area contributed by atoms with Crippen molar-refractivity contribution < 1.29 is 0 Å². The minimum absolute atomic E-state index is 0.0923. The SMILES string of the molecule is NC1=NCC2(CCCC2)N1c1ccccc1Cl. The van der Waals surface area contributed by atoms with Crippen molar-refractivity contribution >= 4 is 23.2 Å². The van der Waals surface area contributed by atoms with Crippen LogP contribution in [0.5, 0.6) is 0 Å². The molecule has 0 atom stereocenters. The standard InChI is InChI=1S/C13H16ClN3/c14-10-5-1-2-6-11(10)17-12(15)16-9-13(17)7-3-4-8-13/h1-2,5-6H,3-4,7-9H2,(H2,15,16). The van der Waals surface area contributed by atoms with Crippen molar-refractivity contribution in [2.75, 3.05) is 11.4 Å². The maximum atomic E-state index is 6.28. The van der Waals surface area contributed by atoms with Crippen LogP contribution in [0, 0.1) is 0 Å². The van der Waals surface area contributed by atoms with Gasteiger partial charge >= 0.3 is 0 Å². The molecule has 3 rings (SSSR count). The van der Waals surface area contributed by atoms with E-state index in [0.29, 0.717) is 5.96 Å². The fourth-order valence-electron chi connectivity index (χ4n) is 3.04. The van der Waals surface area contributed by atoms with Crippen LogP contribution in [-0.4, -0.2) is 18.0 Å². The van der Waals surface area contributed by atoms with Gasteiger partial charge < -0.3 is 10.6 Å². The van der Waals surface area contributed by atoms with Crippen LogP contribution in [0.3, 0.4) is 0 Å². The highest BCUT2D eigenvalue weighted by Crippen LogP contribution is 2.42. The van der Waals surface area contributed by atoms with Gasteiger partial charge in [0.25, 0.3) is 0 Å². The fraction of sp³-hybridized carbons (Fsp3) is 0.462. The molecule has 1 fully saturated rings. The molecule has 1 aliphatic carbocycles. The average molecular weight is 250 g/mol. The summed E-state index contributed by atoms with van der Waals surface area (Å²) < 4.78 is 0. The summed E-state index contributed by atoms with van der Waals surface area (Å²) in [6, 6.07) is 7.87. The number of hydrogen-bond acceptors (Lipinski definition) is 3. The largest absolute Gasteiger partial charge is 0.369 e. The lowest BCUT2D eigenvalue weighted by Crippen LogP contribution is -2.50. The second-order valence-electron chi connectivity index (χ2n) is 4.89. The van der Waals surface area contributed by atoms with Crippen molar-refractivity contribution in [2.45, 2.75) is 31.2 Å². The topological polar surface area (TPSA) is 41.6 Å². The second-order valence-corrected chi connectivity index (χ2v) is 5.30. The number of hydrogen-bond donors (Lipinski definition) is 1. The van der Waals surface area contributed by atoms with Gasteiger partial charge in [-0.05, 0) is 25.0 Å². The number of nitrogens with two attached hydrogens (primary N) is 1. The second kappa shape index (κ2) is 3.91. The van der Waals surface area contributed by atoms with Crippen molar-refractivity contribution in [1.29, 1.82) is 0 Å². The monoisotopic (exact) mass is 249 g/mol. The molecule has 0 unspecified atom stereocenters. The molecule has 1 aliphatic heterocycles. The van der Waals surface area contributed by atoms with Gasteiger partial charge in [0.1, 0.15) is 0 Å². The number of para-hydroxylation sites is 1. The zero-order chi connectivity index (χ0) is 11.9. The predicted molar refractivity (Wildman–Crippen MR) is 71.6 cm³/mol. The van der Waals surface area contributed by atoms with E-state index in [1.54, 1.807) is 0 Å². The van der Waals surface area contributed by atoms with Crippen molar-refractivity contribution in [3.63, 3.8) is 0 Å². The molecule has 0 aromatic heterocycles. The summed E-state index contributed by atoms with van der Waals surface area (Å²) in [5, 5.41) is 0.749. The highest BCUT2D eigenvalue weighted by atomic mass is 35.5. The van der Waals surface area contributed by atoms with E-state index in [2.05, 4.69) is 9.89 Å². The molecule has 4 heteroatoms. The van der Waals surface area contributed by atoms with Gasteiger partial charge in [0.15, 0.2) is 5.96 Å². The van der Waals surface area contributed by atoms with Crippen LogP contribution in [0.4, 0.5) is 5.69 Å².